The molecule has 8 heteroatoms. The van der Waals surface area contributed by atoms with E-state index in [0.29, 0.717) is 30.3 Å². The van der Waals surface area contributed by atoms with Crippen molar-refractivity contribution in [2.24, 2.45) is 5.73 Å². The minimum Gasteiger partial charge on any atom is -0.488 e. The Balaban J connectivity index is 1.39. The van der Waals surface area contributed by atoms with Crippen LogP contribution in [0.4, 0.5) is 0 Å². The highest BCUT2D eigenvalue weighted by atomic mass is 16.6. The first-order valence-electron chi connectivity index (χ1n) is 9.20. The number of piperidine rings is 1. The Labute approximate surface area is 162 Å². The van der Waals surface area contributed by atoms with Crippen molar-refractivity contribution in [1.82, 2.24) is 9.88 Å². The number of carbonyl (C=O) groups excluding carboxylic acids is 2. The number of hydrogen-bond acceptors (Lipinski definition) is 6. The van der Waals surface area contributed by atoms with Gasteiger partial charge in [0.15, 0.2) is 11.5 Å². The molecule has 2 amide bonds. The highest BCUT2D eigenvalue weighted by Gasteiger charge is 2.34. The normalized spacial score (nSPS) is 21.1. The molecule has 1 fully saturated rings. The molecule has 0 radical (unpaired) electrons. The zero-order valence-corrected chi connectivity index (χ0v) is 15.2. The number of amides is 2. The number of likely N-dealkylation sites (tertiary alicyclic amines) is 1. The Morgan fingerprint density at radius 3 is 2.86 bits per heavy atom. The fraction of sp³-hybridized carbons (Fsp3) is 0.350. The van der Waals surface area contributed by atoms with E-state index in [2.05, 4.69) is 4.98 Å². The van der Waals surface area contributed by atoms with Gasteiger partial charge in [0, 0.05) is 18.8 Å². The maximum absolute atomic E-state index is 12.9. The lowest BCUT2D eigenvalue weighted by Gasteiger charge is -2.36. The quantitative estimate of drug-likeness (QED) is 0.856. The minimum atomic E-state index is -0.670. The van der Waals surface area contributed by atoms with E-state index in [9.17, 15) is 9.59 Å². The fourth-order valence-electron chi connectivity index (χ4n) is 3.39. The molecule has 1 saturated heterocycles. The van der Waals surface area contributed by atoms with E-state index >= 15 is 0 Å². The van der Waals surface area contributed by atoms with Crippen LogP contribution >= 0.6 is 0 Å². The zero-order chi connectivity index (χ0) is 19.5. The largest absolute Gasteiger partial charge is 0.488 e. The van der Waals surface area contributed by atoms with Gasteiger partial charge in [0.2, 0.25) is 6.10 Å². The first-order valence-corrected chi connectivity index (χ1v) is 9.20. The van der Waals surface area contributed by atoms with Gasteiger partial charge in [-0.2, -0.15) is 0 Å². The molecule has 2 aromatic rings. The lowest BCUT2D eigenvalue weighted by Crippen LogP contribution is -2.51. The van der Waals surface area contributed by atoms with Crippen LogP contribution in [0.2, 0.25) is 0 Å². The predicted octanol–water partition coefficient (Wildman–Crippen LogP) is 1.39. The zero-order valence-electron chi connectivity index (χ0n) is 15.2. The molecule has 8 nitrogen and oxygen atoms in total. The highest BCUT2D eigenvalue weighted by molar-refractivity contribution is 5.91. The molecule has 2 aliphatic heterocycles. The van der Waals surface area contributed by atoms with E-state index in [1.165, 1.54) is 12.3 Å². The van der Waals surface area contributed by atoms with Gasteiger partial charge in [-0.25, -0.2) is 0 Å². The summed E-state index contributed by atoms with van der Waals surface area (Å²) >= 11 is 0. The summed E-state index contributed by atoms with van der Waals surface area (Å²) in [5, 5.41) is 0. The van der Waals surface area contributed by atoms with E-state index in [-0.39, 0.29) is 24.3 Å². The number of pyridine rings is 1. The third-order valence-electron chi connectivity index (χ3n) is 4.76. The molecular formula is C20H21N3O5. The number of nitrogens with two attached hydrogens (primary N) is 1. The van der Waals surface area contributed by atoms with Crippen LogP contribution in [0.25, 0.3) is 0 Å². The fourth-order valence-corrected chi connectivity index (χ4v) is 3.39. The number of hydrogen-bond donors (Lipinski definition) is 1. The Hall–Kier alpha value is -3.29. The summed E-state index contributed by atoms with van der Waals surface area (Å²) in [7, 11) is 0. The van der Waals surface area contributed by atoms with Crippen molar-refractivity contribution in [3.8, 4) is 17.2 Å². The number of carbonyl (C=O) groups is 2. The van der Waals surface area contributed by atoms with Gasteiger partial charge >= 0.3 is 0 Å². The van der Waals surface area contributed by atoms with Gasteiger partial charge in [0.1, 0.15) is 24.2 Å². The Morgan fingerprint density at radius 2 is 2.04 bits per heavy atom. The minimum absolute atomic E-state index is 0.115. The average Bonchev–Trinajstić information content (AvgIpc) is 2.73. The van der Waals surface area contributed by atoms with Gasteiger partial charge in [-0.05, 0) is 31.0 Å². The first kappa shape index (κ1) is 18.1. The number of fused-ring (bicyclic) bond motifs is 1. The van der Waals surface area contributed by atoms with Crippen LogP contribution in [0.1, 0.15) is 23.3 Å². The summed E-state index contributed by atoms with van der Waals surface area (Å²) in [6, 6.07) is 10.5. The molecule has 3 heterocycles. The molecule has 1 aromatic carbocycles. The number of nitrogens with zero attached hydrogens (tertiary/aromatic N) is 2. The first-order chi connectivity index (χ1) is 13.6. The second-order valence-corrected chi connectivity index (χ2v) is 6.77. The molecule has 0 saturated carbocycles. The molecule has 0 bridgehead atoms. The van der Waals surface area contributed by atoms with Gasteiger partial charge in [-0.3, -0.25) is 14.6 Å². The van der Waals surface area contributed by atoms with Crippen LogP contribution < -0.4 is 19.9 Å². The van der Waals surface area contributed by atoms with Gasteiger partial charge in [-0.15, -0.1) is 0 Å². The van der Waals surface area contributed by atoms with Crippen molar-refractivity contribution in [2.75, 3.05) is 19.7 Å². The van der Waals surface area contributed by atoms with Crippen LogP contribution in [0, 0.1) is 0 Å². The van der Waals surface area contributed by atoms with Crippen LogP contribution in [0.3, 0.4) is 0 Å². The third kappa shape index (κ3) is 3.85. The van der Waals surface area contributed by atoms with E-state index in [1.54, 1.807) is 17.0 Å². The molecule has 2 atom stereocenters. The van der Waals surface area contributed by atoms with Crippen LogP contribution in [-0.2, 0) is 4.79 Å². The Morgan fingerprint density at radius 1 is 1.21 bits per heavy atom. The number of para-hydroxylation sites is 2. The van der Waals surface area contributed by atoms with Crippen molar-refractivity contribution >= 4 is 11.8 Å². The summed E-state index contributed by atoms with van der Waals surface area (Å²) < 4.78 is 17.4. The second-order valence-electron chi connectivity index (χ2n) is 6.77. The van der Waals surface area contributed by atoms with E-state index < -0.39 is 12.0 Å². The van der Waals surface area contributed by atoms with E-state index in [4.69, 9.17) is 19.9 Å². The van der Waals surface area contributed by atoms with Gasteiger partial charge in [0.25, 0.3) is 11.8 Å². The maximum atomic E-state index is 12.9. The molecule has 0 spiro atoms. The molecule has 4 rings (SSSR count). The molecule has 28 heavy (non-hydrogen) atoms. The second kappa shape index (κ2) is 7.75. The molecule has 2 unspecified atom stereocenters. The summed E-state index contributed by atoms with van der Waals surface area (Å²) in [4.78, 5) is 29.8. The third-order valence-corrected chi connectivity index (χ3v) is 4.76. The van der Waals surface area contributed by atoms with E-state index in [0.717, 1.165) is 12.8 Å². The lowest BCUT2D eigenvalue weighted by molar-refractivity contribution is -0.143. The monoisotopic (exact) mass is 383 g/mol. The Kier molecular flexibility index (Phi) is 5.01. The lowest BCUT2D eigenvalue weighted by atomic mass is 10.1. The molecular weight excluding hydrogens is 362 g/mol. The predicted molar refractivity (Wildman–Crippen MR) is 99.3 cm³/mol. The van der Waals surface area contributed by atoms with Gasteiger partial charge in [0.05, 0.1) is 6.54 Å². The Bertz CT molecular complexity index is 888. The van der Waals surface area contributed by atoms with Crippen LogP contribution in [0.5, 0.6) is 17.2 Å². The van der Waals surface area contributed by atoms with Crippen molar-refractivity contribution in [1.29, 1.82) is 0 Å². The van der Waals surface area contributed by atoms with Crippen LogP contribution in [0.15, 0.2) is 42.6 Å². The smallest absolute Gasteiger partial charge is 0.267 e. The summed E-state index contributed by atoms with van der Waals surface area (Å²) in [6.07, 6.45) is 2.25. The van der Waals surface area contributed by atoms with Crippen LogP contribution in [-0.4, -0.2) is 53.6 Å². The van der Waals surface area contributed by atoms with Gasteiger partial charge < -0.3 is 24.8 Å². The topological polar surface area (TPSA) is 104 Å². The number of aromatic nitrogens is 1. The standard InChI is InChI=1S/C20H21N3O5/c21-19(24)15-10-13(7-8-22-15)27-14-4-3-9-23(11-14)20(25)18-12-26-16-5-1-2-6-17(16)28-18/h1-2,5-8,10,14,18H,3-4,9,11-12H2,(H2,21,24). The van der Waals surface area contributed by atoms with Crippen molar-refractivity contribution in [3.05, 3.63) is 48.3 Å². The molecule has 146 valence electrons. The number of rotatable bonds is 4. The summed E-state index contributed by atoms with van der Waals surface area (Å²) in [6.45, 7) is 1.27. The number of ether oxygens (including phenoxy) is 3. The SMILES string of the molecule is NC(=O)c1cc(OC2CCCN(C(=O)C3COc4ccccc4O3)C2)ccn1. The van der Waals surface area contributed by atoms with Crippen molar-refractivity contribution in [2.45, 2.75) is 25.0 Å². The maximum Gasteiger partial charge on any atom is 0.267 e. The molecule has 2 N–H and O–H groups in total. The van der Waals surface area contributed by atoms with Crippen molar-refractivity contribution in [3.63, 3.8) is 0 Å². The number of primary amides is 1. The molecule has 2 aliphatic rings. The number of benzene rings is 1. The summed E-state index contributed by atoms with van der Waals surface area (Å²) in [5.74, 6) is 1.01. The highest BCUT2D eigenvalue weighted by Crippen LogP contribution is 2.31. The molecule has 0 aliphatic carbocycles. The average molecular weight is 383 g/mol. The molecule has 1 aromatic heterocycles. The van der Waals surface area contributed by atoms with Gasteiger partial charge in [-0.1, -0.05) is 12.1 Å². The van der Waals surface area contributed by atoms with Crippen molar-refractivity contribution < 1.29 is 23.8 Å². The van der Waals surface area contributed by atoms with E-state index in [1.807, 2.05) is 18.2 Å². The summed E-state index contributed by atoms with van der Waals surface area (Å²) in [5.41, 5.74) is 5.40.